The Hall–Kier alpha value is -1.58. The average molecular weight is 285 g/mol. The summed E-state index contributed by atoms with van der Waals surface area (Å²) in [7, 11) is 0. The van der Waals surface area contributed by atoms with E-state index in [1.54, 1.807) is 6.07 Å². The Morgan fingerprint density at radius 2 is 2.05 bits per heavy atom. The maximum Gasteiger partial charge on any atom is 0.251 e. The van der Waals surface area contributed by atoms with Gasteiger partial charge >= 0.3 is 0 Å². The minimum Gasteiger partial charge on any atom is -0.384 e. The molecule has 3 fully saturated rings. The van der Waals surface area contributed by atoms with Gasteiger partial charge in [0.15, 0.2) is 0 Å². The van der Waals surface area contributed by atoms with Gasteiger partial charge in [0.25, 0.3) is 5.91 Å². The number of carbonyl (C=O) groups is 1. The quantitative estimate of drug-likeness (QED) is 0.892. The van der Waals surface area contributed by atoms with Crippen LogP contribution in [-0.4, -0.2) is 16.9 Å². The van der Waals surface area contributed by atoms with Gasteiger partial charge in [-0.25, -0.2) is 4.98 Å². The summed E-state index contributed by atoms with van der Waals surface area (Å²) in [6.07, 6.45) is 6.03. The van der Waals surface area contributed by atoms with Gasteiger partial charge in [0, 0.05) is 17.3 Å². The minimum atomic E-state index is 0.0280. The molecule has 21 heavy (non-hydrogen) atoms. The standard InChI is InChI=1S/C17H23N3O/c1-2-3-12-7-11(8-13(18)19-12)17(21)20-16-14-9-4-5-10(6-9)15(14)16/h7-10,14-16H,2-6H2,1H3,(H2,18,19)(H,20,21). The fraction of sp³-hybridized carbons (Fsp3) is 0.647. The van der Waals surface area contributed by atoms with Gasteiger partial charge in [-0.3, -0.25) is 4.79 Å². The number of anilines is 1. The molecule has 4 nitrogen and oxygen atoms in total. The average Bonchev–Trinajstić information content (AvgIpc) is 2.83. The Morgan fingerprint density at radius 3 is 2.71 bits per heavy atom. The lowest BCUT2D eigenvalue weighted by atomic mass is 10.0. The summed E-state index contributed by atoms with van der Waals surface area (Å²) in [5.74, 6) is 3.76. The zero-order chi connectivity index (χ0) is 14.6. The van der Waals surface area contributed by atoms with Gasteiger partial charge in [-0.2, -0.15) is 0 Å². The molecular weight excluding hydrogens is 262 g/mol. The Labute approximate surface area is 125 Å². The predicted octanol–water partition coefficient (Wildman–Crippen LogP) is 2.39. The largest absolute Gasteiger partial charge is 0.384 e. The molecule has 4 unspecified atom stereocenters. The van der Waals surface area contributed by atoms with Crippen molar-refractivity contribution in [2.24, 2.45) is 23.7 Å². The fourth-order valence-corrected chi connectivity index (χ4v) is 4.88. The molecule has 3 saturated carbocycles. The number of nitrogens with one attached hydrogen (secondary N) is 1. The second-order valence-corrected chi connectivity index (χ2v) is 7.01. The zero-order valence-corrected chi connectivity index (χ0v) is 12.5. The maximum atomic E-state index is 12.5. The maximum absolute atomic E-state index is 12.5. The van der Waals surface area contributed by atoms with Crippen LogP contribution >= 0.6 is 0 Å². The van der Waals surface area contributed by atoms with E-state index in [0.29, 0.717) is 17.4 Å². The normalized spacial score (nSPS) is 35.6. The van der Waals surface area contributed by atoms with Gasteiger partial charge in [-0.1, -0.05) is 13.3 Å². The van der Waals surface area contributed by atoms with E-state index in [2.05, 4.69) is 17.2 Å². The smallest absolute Gasteiger partial charge is 0.251 e. The summed E-state index contributed by atoms with van der Waals surface area (Å²) in [6, 6.07) is 4.01. The third-order valence-electron chi connectivity index (χ3n) is 5.70. The zero-order valence-electron chi connectivity index (χ0n) is 12.5. The molecule has 2 bridgehead atoms. The first-order valence-corrected chi connectivity index (χ1v) is 8.24. The molecule has 0 aromatic carbocycles. The Morgan fingerprint density at radius 1 is 1.33 bits per heavy atom. The minimum absolute atomic E-state index is 0.0280. The van der Waals surface area contributed by atoms with E-state index in [1.807, 2.05) is 6.07 Å². The van der Waals surface area contributed by atoms with Crippen molar-refractivity contribution in [1.82, 2.24) is 10.3 Å². The monoisotopic (exact) mass is 285 g/mol. The number of carbonyl (C=O) groups excluding carboxylic acids is 1. The van der Waals surface area contributed by atoms with Crippen molar-refractivity contribution in [1.29, 1.82) is 0 Å². The first-order valence-electron chi connectivity index (χ1n) is 8.24. The van der Waals surface area contributed by atoms with Gasteiger partial charge in [-0.15, -0.1) is 0 Å². The number of hydrogen-bond donors (Lipinski definition) is 2. The third kappa shape index (κ3) is 2.12. The summed E-state index contributed by atoms with van der Waals surface area (Å²) in [6.45, 7) is 2.10. The lowest BCUT2D eigenvalue weighted by Gasteiger charge is -2.11. The number of amides is 1. The second kappa shape index (κ2) is 4.72. The molecule has 3 aliphatic rings. The molecule has 0 spiro atoms. The first-order chi connectivity index (χ1) is 10.2. The molecule has 3 aliphatic carbocycles. The van der Waals surface area contributed by atoms with Crippen molar-refractivity contribution in [2.45, 2.75) is 45.1 Å². The molecule has 3 N–H and O–H groups in total. The second-order valence-electron chi connectivity index (χ2n) is 7.01. The lowest BCUT2D eigenvalue weighted by Crippen LogP contribution is -2.30. The van der Waals surface area contributed by atoms with Crippen LogP contribution in [0.4, 0.5) is 5.82 Å². The Bertz CT molecular complexity index is 569. The number of pyridine rings is 1. The first kappa shape index (κ1) is 13.1. The van der Waals surface area contributed by atoms with E-state index in [9.17, 15) is 4.79 Å². The highest BCUT2D eigenvalue weighted by atomic mass is 16.1. The third-order valence-corrected chi connectivity index (χ3v) is 5.70. The van der Waals surface area contributed by atoms with Crippen LogP contribution in [0, 0.1) is 23.7 Å². The number of aryl methyl sites for hydroxylation is 1. The summed E-state index contributed by atoms with van der Waals surface area (Å²) < 4.78 is 0. The van der Waals surface area contributed by atoms with Crippen LogP contribution in [0.2, 0.25) is 0 Å². The van der Waals surface area contributed by atoms with E-state index < -0.39 is 0 Å². The van der Waals surface area contributed by atoms with E-state index in [4.69, 9.17) is 5.73 Å². The lowest BCUT2D eigenvalue weighted by molar-refractivity contribution is 0.0944. The van der Waals surface area contributed by atoms with E-state index in [0.717, 1.165) is 42.2 Å². The van der Waals surface area contributed by atoms with Gasteiger partial charge in [0.1, 0.15) is 5.82 Å². The highest BCUT2D eigenvalue weighted by Gasteiger charge is 2.65. The molecule has 1 amide bonds. The molecule has 0 aliphatic heterocycles. The number of hydrogen-bond acceptors (Lipinski definition) is 3. The fourth-order valence-electron chi connectivity index (χ4n) is 4.88. The van der Waals surface area contributed by atoms with Gasteiger partial charge in [-0.05, 0) is 61.5 Å². The molecule has 1 aromatic rings. The number of fused-ring (bicyclic) bond motifs is 5. The molecule has 4 atom stereocenters. The number of nitrogen functional groups attached to an aromatic ring is 1. The number of aromatic nitrogens is 1. The summed E-state index contributed by atoms with van der Waals surface area (Å²) >= 11 is 0. The molecule has 4 heteroatoms. The van der Waals surface area contributed by atoms with Crippen LogP contribution in [0.5, 0.6) is 0 Å². The van der Waals surface area contributed by atoms with Crippen LogP contribution in [0.3, 0.4) is 0 Å². The number of nitrogens with zero attached hydrogens (tertiary/aromatic N) is 1. The van der Waals surface area contributed by atoms with E-state index in [-0.39, 0.29) is 5.91 Å². The number of rotatable bonds is 4. The highest BCUT2D eigenvalue weighted by Crippen LogP contribution is 2.65. The Balaban J connectivity index is 1.46. The van der Waals surface area contributed by atoms with E-state index in [1.165, 1.54) is 19.3 Å². The molecule has 1 aromatic heterocycles. The topological polar surface area (TPSA) is 68.0 Å². The van der Waals surface area contributed by atoms with Crippen LogP contribution in [0.15, 0.2) is 12.1 Å². The summed E-state index contributed by atoms with van der Waals surface area (Å²) in [5.41, 5.74) is 7.41. The van der Waals surface area contributed by atoms with Crippen LogP contribution < -0.4 is 11.1 Å². The highest BCUT2D eigenvalue weighted by molar-refractivity contribution is 5.95. The molecule has 0 saturated heterocycles. The van der Waals surface area contributed by atoms with E-state index >= 15 is 0 Å². The van der Waals surface area contributed by atoms with Crippen molar-refractivity contribution in [3.63, 3.8) is 0 Å². The van der Waals surface area contributed by atoms with Gasteiger partial charge in [0.05, 0.1) is 0 Å². The van der Waals surface area contributed by atoms with Crippen molar-refractivity contribution < 1.29 is 4.79 Å². The molecule has 0 radical (unpaired) electrons. The summed E-state index contributed by atoms with van der Waals surface area (Å²) in [5, 5.41) is 3.25. The molecule has 4 rings (SSSR count). The Kier molecular flexibility index (Phi) is 2.95. The van der Waals surface area contributed by atoms with Crippen molar-refractivity contribution in [3.05, 3.63) is 23.4 Å². The van der Waals surface area contributed by atoms with Crippen molar-refractivity contribution in [2.75, 3.05) is 5.73 Å². The van der Waals surface area contributed by atoms with Crippen LogP contribution in [-0.2, 0) is 6.42 Å². The predicted molar refractivity (Wildman–Crippen MR) is 81.7 cm³/mol. The number of nitrogens with two attached hydrogens (primary N) is 1. The van der Waals surface area contributed by atoms with Crippen LogP contribution in [0.1, 0.15) is 48.7 Å². The summed E-state index contributed by atoms with van der Waals surface area (Å²) in [4.78, 5) is 16.8. The van der Waals surface area contributed by atoms with Gasteiger partial charge in [0.2, 0.25) is 0 Å². The van der Waals surface area contributed by atoms with Crippen LogP contribution in [0.25, 0.3) is 0 Å². The SMILES string of the molecule is CCCc1cc(C(=O)NC2C3C4CCC(C4)C23)cc(N)n1. The van der Waals surface area contributed by atoms with Crippen molar-refractivity contribution >= 4 is 11.7 Å². The molecule has 112 valence electrons. The molecular formula is C17H23N3O. The van der Waals surface area contributed by atoms with Gasteiger partial charge < -0.3 is 11.1 Å². The molecule has 1 heterocycles. The van der Waals surface area contributed by atoms with Crippen molar-refractivity contribution in [3.8, 4) is 0 Å².